The van der Waals surface area contributed by atoms with Crippen LogP contribution >= 0.6 is 27.3 Å². The first kappa shape index (κ1) is 22.7. The number of carbonyl (C=O) groups is 1. The van der Waals surface area contributed by atoms with Gasteiger partial charge in [-0.3, -0.25) is 9.10 Å². The fourth-order valence-electron chi connectivity index (χ4n) is 3.03. The number of sulfonamides is 1. The Bertz CT molecular complexity index is 1130. The lowest BCUT2D eigenvalue weighted by Gasteiger charge is -2.23. The molecule has 1 heterocycles. The van der Waals surface area contributed by atoms with E-state index < -0.39 is 10.0 Å². The third kappa shape index (κ3) is 5.03. The molecule has 0 aliphatic rings. The lowest BCUT2D eigenvalue weighted by molar-refractivity contribution is 0.0952. The Balaban J connectivity index is 1.86. The molecule has 0 spiro atoms. The van der Waals surface area contributed by atoms with Crippen molar-refractivity contribution in [2.45, 2.75) is 18.2 Å². The molecule has 3 aromatic rings. The van der Waals surface area contributed by atoms with Crippen LogP contribution in [0.25, 0.3) is 10.1 Å². The molecule has 160 valence electrons. The highest BCUT2D eigenvalue weighted by atomic mass is 79.9. The van der Waals surface area contributed by atoms with E-state index in [1.165, 1.54) is 15.6 Å². The molecule has 1 amide bonds. The van der Waals surface area contributed by atoms with Crippen LogP contribution in [0.2, 0.25) is 0 Å². The SMILES string of the molecule is CCN(c1ccc2sc(C(=O)NCCCOC)cc2c1)S(=O)(=O)c1ccc(Br)cc1. The first-order chi connectivity index (χ1) is 14.4. The molecule has 2 aromatic carbocycles. The normalized spacial score (nSPS) is 11.6. The molecule has 1 N–H and O–H groups in total. The van der Waals surface area contributed by atoms with Crippen molar-refractivity contribution in [2.75, 3.05) is 31.1 Å². The van der Waals surface area contributed by atoms with Crippen molar-refractivity contribution in [2.24, 2.45) is 0 Å². The number of rotatable bonds is 9. The van der Waals surface area contributed by atoms with Crippen molar-refractivity contribution in [1.82, 2.24) is 5.32 Å². The van der Waals surface area contributed by atoms with Gasteiger partial charge in [0.15, 0.2) is 0 Å². The van der Waals surface area contributed by atoms with Gasteiger partial charge in [-0.1, -0.05) is 15.9 Å². The molecule has 0 atom stereocenters. The van der Waals surface area contributed by atoms with Crippen LogP contribution in [-0.2, 0) is 14.8 Å². The van der Waals surface area contributed by atoms with Gasteiger partial charge < -0.3 is 10.1 Å². The first-order valence-corrected chi connectivity index (χ1v) is 12.5. The second kappa shape index (κ2) is 9.91. The Morgan fingerprint density at radius 1 is 1.17 bits per heavy atom. The molecule has 1 aromatic heterocycles. The Morgan fingerprint density at radius 3 is 2.57 bits per heavy atom. The van der Waals surface area contributed by atoms with Gasteiger partial charge in [0.2, 0.25) is 0 Å². The molecule has 0 saturated heterocycles. The first-order valence-electron chi connectivity index (χ1n) is 9.46. The predicted molar refractivity (Wildman–Crippen MR) is 125 cm³/mol. The summed E-state index contributed by atoms with van der Waals surface area (Å²) in [6, 6.07) is 13.8. The maximum absolute atomic E-state index is 13.1. The minimum absolute atomic E-state index is 0.135. The number of halogens is 1. The minimum Gasteiger partial charge on any atom is -0.385 e. The van der Waals surface area contributed by atoms with Crippen LogP contribution < -0.4 is 9.62 Å². The lowest BCUT2D eigenvalue weighted by atomic mass is 10.2. The summed E-state index contributed by atoms with van der Waals surface area (Å²) in [7, 11) is -2.06. The maximum Gasteiger partial charge on any atom is 0.264 e. The number of hydrogen-bond donors (Lipinski definition) is 1. The van der Waals surface area contributed by atoms with Crippen LogP contribution in [0.4, 0.5) is 5.69 Å². The summed E-state index contributed by atoms with van der Waals surface area (Å²) in [6.45, 7) is 3.23. The van der Waals surface area contributed by atoms with Gasteiger partial charge in [-0.25, -0.2) is 8.42 Å². The molecule has 0 fully saturated rings. The van der Waals surface area contributed by atoms with Gasteiger partial charge in [0.1, 0.15) is 0 Å². The minimum atomic E-state index is -3.69. The average Bonchev–Trinajstić information content (AvgIpc) is 3.15. The van der Waals surface area contributed by atoms with Crippen molar-refractivity contribution in [3.05, 3.63) is 57.9 Å². The summed E-state index contributed by atoms with van der Waals surface area (Å²) in [5.41, 5.74) is 0.567. The molecule has 0 aliphatic heterocycles. The van der Waals surface area contributed by atoms with Crippen molar-refractivity contribution >= 4 is 59.0 Å². The van der Waals surface area contributed by atoms with Crippen LogP contribution in [-0.4, -0.2) is 41.1 Å². The predicted octanol–water partition coefficient (Wildman–Crippen LogP) is 4.65. The van der Waals surface area contributed by atoms with E-state index in [0.29, 0.717) is 30.3 Å². The number of benzene rings is 2. The van der Waals surface area contributed by atoms with Crippen molar-refractivity contribution in [3.63, 3.8) is 0 Å². The fraction of sp³-hybridized carbons (Fsp3) is 0.286. The summed E-state index contributed by atoms with van der Waals surface area (Å²) in [6.07, 6.45) is 0.747. The third-order valence-electron chi connectivity index (χ3n) is 4.51. The number of hydrogen-bond acceptors (Lipinski definition) is 5. The molecule has 0 radical (unpaired) electrons. The average molecular weight is 511 g/mol. The van der Waals surface area contributed by atoms with Gasteiger partial charge in [0.25, 0.3) is 15.9 Å². The van der Waals surface area contributed by atoms with E-state index in [9.17, 15) is 13.2 Å². The topological polar surface area (TPSA) is 75.7 Å². The number of nitrogens with zero attached hydrogens (tertiary/aromatic N) is 1. The molecular weight excluding hydrogens is 488 g/mol. The summed E-state index contributed by atoms with van der Waals surface area (Å²) in [4.78, 5) is 13.2. The zero-order valence-corrected chi connectivity index (χ0v) is 19.9. The number of anilines is 1. The summed E-state index contributed by atoms with van der Waals surface area (Å²) in [5, 5.41) is 3.71. The molecule has 6 nitrogen and oxygen atoms in total. The van der Waals surface area contributed by atoms with Crippen molar-refractivity contribution < 1.29 is 17.9 Å². The molecule has 3 rings (SSSR count). The standard InChI is InChI=1S/C21H23BrN2O4S2/c1-3-24(30(26,27)18-8-5-16(22)6-9-18)17-7-10-19-15(13-17)14-20(29-19)21(25)23-11-4-12-28-2/h5-10,13-14H,3-4,11-12H2,1-2H3,(H,23,25). The highest BCUT2D eigenvalue weighted by Gasteiger charge is 2.24. The number of carbonyl (C=O) groups excluding carboxylic acids is 1. The molecule has 0 saturated carbocycles. The van der Waals surface area contributed by atoms with Gasteiger partial charge >= 0.3 is 0 Å². The highest BCUT2D eigenvalue weighted by Crippen LogP contribution is 2.32. The number of ether oxygens (including phenoxy) is 1. The summed E-state index contributed by atoms with van der Waals surface area (Å²) < 4.78 is 34.4. The van der Waals surface area contributed by atoms with Gasteiger partial charge in [-0.2, -0.15) is 0 Å². The van der Waals surface area contributed by atoms with E-state index in [-0.39, 0.29) is 10.8 Å². The number of nitrogens with one attached hydrogen (secondary N) is 1. The number of thiophene rings is 1. The van der Waals surface area contributed by atoms with Gasteiger partial charge in [-0.05, 0) is 67.3 Å². The highest BCUT2D eigenvalue weighted by molar-refractivity contribution is 9.10. The van der Waals surface area contributed by atoms with E-state index >= 15 is 0 Å². The summed E-state index contributed by atoms with van der Waals surface area (Å²) in [5.74, 6) is -0.135. The smallest absolute Gasteiger partial charge is 0.264 e. The van der Waals surface area contributed by atoms with Crippen molar-refractivity contribution in [3.8, 4) is 0 Å². The quantitative estimate of drug-likeness (QED) is 0.425. The van der Waals surface area contributed by atoms with Crippen LogP contribution in [0.1, 0.15) is 23.0 Å². The van der Waals surface area contributed by atoms with E-state index in [2.05, 4.69) is 21.2 Å². The van der Waals surface area contributed by atoms with Crippen LogP contribution in [0.3, 0.4) is 0 Å². The molecule has 0 bridgehead atoms. The largest absolute Gasteiger partial charge is 0.385 e. The Kier molecular flexibility index (Phi) is 7.51. The molecule has 0 unspecified atom stereocenters. The third-order valence-corrected chi connectivity index (χ3v) is 8.07. The van der Waals surface area contributed by atoms with Crippen LogP contribution in [0.15, 0.2) is 57.9 Å². The summed E-state index contributed by atoms with van der Waals surface area (Å²) >= 11 is 4.72. The maximum atomic E-state index is 13.1. The van der Waals surface area contributed by atoms with E-state index in [4.69, 9.17) is 4.74 Å². The lowest BCUT2D eigenvalue weighted by Crippen LogP contribution is -2.30. The molecule has 9 heteroatoms. The Morgan fingerprint density at radius 2 is 1.90 bits per heavy atom. The second-order valence-corrected chi connectivity index (χ2v) is 10.4. The number of fused-ring (bicyclic) bond motifs is 1. The van der Waals surface area contributed by atoms with Crippen molar-refractivity contribution in [1.29, 1.82) is 0 Å². The molecule has 30 heavy (non-hydrogen) atoms. The van der Waals surface area contributed by atoms with Gasteiger partial charge in [0.05, 0.1) is 15.5 Å². The van der Waals surface area contributed by atoms with E-state index in [1.54, 1.807) is 50.4 Å². The molecule has 0 aliphatic carbocycles. The Hall–Kier alpha value is -1.94. The van der Waals surface area contributed by atoms with Crippen LogP contribution in [0.5, 0.6) is 0 Å². The van der Waals surface area contributed by atoms with E-state index in [1.807, 2.05) is 12.1 Å². The fourth-order valence-corrected chi connectivity index (χ4v) is 5.72. The monoisotopic (exact) mass is 510 g/mol. The Labute approximate surface area is 189 Å². The van der Waals surface area contributed by atoms with Crippen LogP contribution in [0, 0.1) is 0 Å². The van der Waals surface area contributed by atoms with Gasteiger partial charge in [-0.15, -0.1) is 11.3 Å². The van der Waals surface area contributed by atoms with E-state index in [0.717, 1.165) is 21.0 Å². The second-order valence-electron chi connectivity index (χ2n) is 6.56. The number of methoxy groups -OCH3 is 1. The zero-order chi connectivity index (χ0) is 21.7. The molecular formula is C21H23BrN2O4S2. The zero-order valence-electron chi connectivity index (χ0n) is 16.7. The van der Waals surface area contributed by atoms with Gasteiger partial charge in [0, 0.05) is 36.0 Å². The number of amides is 1.